The third-order valence-corrected chi connectivity index (χ3v) is 4.87. The Morgan fingerprint density at radius 3 is 2.80 bits per heavy atom. The molecule has 1 aromatic carbocycles. The average molecular weight is 339 g/mol. The number of carbonyl (C=O) groups excluding carboxylic acids is 1. The quantitative estimate of drug-likeness (QED) is 0.915. The fraction of sp³-hybridized carbons (Fsp3) is 0.368. The molecule has 1 fully saturated rings. The molecule has 0 atom stereocenters. The van der Waals surface area contributed by atoms with E-state index in [1.807, 2.05) is 0 Å². The van der Waals surface area contributed by atoms with Gasteiger partial charge in [-0.05, 0) is 29.3 Å². The number of nitrogens with zero attached hydrogens (tertiary/aromatic N) is 2. The number of rotatable bonds is 3. The van der Waals surface area contributed by atoms with Crippen molar-refractivity contribution in [3.05, 3.63) is 63.6 Å². The number of nitrogens with one attached hydrogen (secondary N) is 1. The zero-order valence-electron chi connectivity index (χ0n) is 14.0. The van der Waals surface area contributed by atoms with Crippen LogP contribution in [0, 0.1) is 0 Å². The number of hydrogen-bond donors (Lipinski definition) is 1. The van der Waals surface area contributed by atoms with Gasteiger partial charge < -0.3 is 14.6 Å². The predicted octanol–water partition coefficient (Wildman–Crippen LogP) is 1.27. The van der Waals surface area contributed by atoms with Crippen molar-refractivity contribution >= 4 is 5.91 Å². The minimum Gasteiger partial charge on any atom is -0.493 e. The predicted molar refractivity (Wildman–Crippen MR) is 93.9 cm³/mol. The Hall–Kier alpha value is -2.60. The van der Waals surface area contributed by atoms with Crippen LogP contribution in [0.3, 0.4) is 0 Å². The molecule has 0 spiro atoms. The average Bonchev–Trinajstić information content (AvgIpc) is 3.10. The molecule has 0 aliphatic carbocycles. The van der Waals surface area contributed by atoms with Crippen LogP contribution in [0.5, 0.6) is 5.75 Å². The standard InChI is InChI=1S/C19H21N3O3/c23-18-16(2-1-6-20-18)19(24)22-9-7-21(8-10-22)13-14-3-4-17-15(12-14)5-11-25-17/h1-4,6,12H,5,7-11,13H2,(H,20,23). The normalized spacial score (nSPS) is 17.2. The van der Waals surface area contributed by atoms with E-state index < -0.39 is 0 Å². The largest absolute Gasteiger partial charge is 0.493 e. The van der Waals surface area contributed by atoms with Gasteiger partial charge in [-0.25, -0.2) is 0 Å². The monoisotopic (exact) mass is 339 g/mol. The van der Waals surface area contributed by atoms with Crippen molar-refractivity contribution in [2.24, 2.45) is 0 Å². The van der Waals surface area contributed by atoms with Gasteiger partial charge in [0.1, 0.15) is 11.3 Å². The Morgan fingerprint density at radius 1 is 1.16 bits per heavy atom. The molecule has 1 N–H and O–H groups in total. The molecule has 0 saturated carbocycles. The number of benzene rings is 1. The molecular weight excluding hydrogens is 318 g/mol. The van der Waals surface area contributed by atoms with Crippen molar-refractivity contribution in [2.45, 2.75) is 13.0 Å². The van der Waals surface area contributed by atoms with Crippen molar-refractivity contribution in [1.29, 1.82) is 0 Å². The lowest BCUT2D eigenvalue weighted by Crippen LogP contribution is -2.49. The van der Waals surface area contributed by atoms with E-state index in [0.717, 1.165) is 38.4 Å². The molecule has 1 saturated heterocycles. The van der Waals surface area contributed by atoms with Gasteiger partial charge in [0.05, 0.1) is 6.61 Å². The van der Waals surface area contributed by atoms with Gasteiger partial charge in [-0.1, -0.05) is 12.1 Å². The summed E-state index contributed by atoms with van der Waals surface area (Å²) in [5.41, 5.74) is 2.46. The number of pyridine rings is 1. The van der Waals surface area contributed by atoms with Gasteiger partial charge in [0, 0.05) is 45.3 Å². The van der Waals surface area contributed by atoms with Crippen LogP contribution in [0.4, 0.5) is 0 Å². The van der Waals surface area contributed by atoms with Gasteiger partial charge >= 0.3 is 0 Å². The van der Waals surface area contributed by atoms with Gasteiger partial charge in [0.15, 0.2) is 0 Å². The molecule has 1 aromatic heterocycles. The van der Waals surface area contributed by atoms with Crippen LogP contribution in [-0.2, 0) is 13.0 Å². The minimum atomic E-state index is -0.324. The van der Waals surface area contributed by atoms with Gasteiger partial charge in [-0.2, -0.15) is 0 Å². The summed E-state index contributed by atoms with van der Waals surface area (Å²) in [4.78, 5) is 30.9. The van der Waals surface area contributed by atoms with Gasteiger partial charge in [-0.15, -0.1) is 0 Å². The summed E-state index contributed by atoms with van der Waals surface area (Å²) in [6, 6.07) is 9.66. The minimum absolute atomic E-state index is 0.184. The van der Waals surface area contributed by atoms with Gasteiger partial charge in [0.2, 0.25) is 0 Å². The second-order valence-corrected chi connectivity index (χ2v) is 6.52. The third kappa shape index (κ3) is 3.30. The van der Waals surface area contributed by atoms with Crippen LogP contribution in [0.25, 0.3) is 0 Å². The van der Waals surface area contributed by atoms with Crippen LogP contribution < -0.4 is 10.3 Å². The van der Waals surface area contributed by atoms with Crippen LogP contribution in [0.2, 0.25) is 0 Å². The van der Waals surface area contributed by atoms with E-state index in [4.69, 9.17) is 4.74 Å². The number of ether oxygens (including phenoxy) is 1. The molecule has 0 unspecified atom stereocenters. The number of fused-ring (bicyclic) bond motifs is 1. The molecule has 6 nitrogen and oxygen atoms in total. The lowest BCUT2D eigenvalue weighted by atomic mass is 10.1. The summed E-state index contributed by atoms with van der Waals surface area (Å²) in [6.07, 6.45) is 2.52. The molecule has 1 amide bonds. The van der Waals surface area contributed by atoms with Crippen molar-refractivity contribution in [3.8, 4) is 5.75 Å². The summed E-state index contributed by atoms with van der Waals surface area (Å²) in [5, 5.41) is 0. The number of carbonyl (C=O) groups is 1. The van der Waals surface area contributed by atoms with E-state index in [9.17, 15) is 9.59 Å². The fourth-order valence-corrected chi connectivity index (χ4v) is 3.47. The molecule has 2 aliphatic heterocycles. The summed E-state index contributed by atoms with van der Waals surface area (Å²) in [6.45, 7) is 4.55. The Labute approximate surface area is 146 Å². The highest BCUT2D eigenvalue weighted by molar-refractivity contribution is 5.93. The molecule has 0 bridgehead atoms. The maximum Gasteiger partial charge on any atom is 0.260 e. The second-order valence-electron chi connectivity index (χ2n) is 6.52. The van der Waals surface area contributed by atoms with Crippen molar-refractivity contribution in [1.82, 2.24) is 14.8 Å². The maximum atomic E-state index is 12.5. The SMILES string of the molecule is O=C(c1ccc[nH]c1=O)N1CCN(Cc2ccc3c(c2)CCO3)CC1. The van der Waals surface area contributed by atoms with E-state index in [0.29, 0.717) is 13.1 Å². The highest BCUT2D eigenvalue weighted by Gasteiger charge is 2.24. The van der Waals surface area contributed by atoms with Crippen LogP contribution in [0.1, 0.15) is 21.5 Å². The van der Waals surface area contributed by atoms with Gasteiger partial charge in [-0.3, -0.25) is 14.5 Å². The Morgan fingerprint density at radius 2 is 2.00 bits per heavy atom. The highest BCUT2D eigenvalue weighted by Crippen LogP contribution is 2.26. The Kier molecular flexibility index (Phi) is 4.28. The molecule has 2 aromatic rings. The maximum absolute atomic E-state index is 12.5. The van der Waals surface area contributed by atoms with Gasteiger partial charge in [0.25, 0.3) is 11.5 Å². The van der Waals surface area contributed by atoms with Crippen LogP contribution in [-0.4, -0.2) is 53.5 Å². The molecule has 0 radical (unpaired) electrons. The first kappa shape index (κ1) is 15.9. The number of H-pyrrole nitrogens is 1. The van der Waals surface area contributed by atoms with Crippen molar-refractivity contribution in [2.75, 3.05) is 32.8 Å². The van der Waals surface area contributed by atoms with Crippen LogP contribution >= 0.6 is 0 Å². The molecule has 2 aliphatic rings. The third-order valence-electron chi connectivity index (χ3n) is 4.87. The molecule has 3 heterocycles. The van der Waals surface area contributed by atoms with Crippen molar-refractivity contribution < 1.29 is 9.53 Å². The molecule has 130 valence electrons. The molecular formula is C19H21N3O3. The first-order valence-corrected chi connectivity index (χ1v) is 8.64. The lowest BCUT2D eigenvalue weighted by molar-refractivity contribution is 0.0626. The number of piperazine rings is 1. The number of aromatic nitrogens is 1. The number of aromatic amines is 1. The van der Waals surface area contributed by atoms with E-state index in [1.165, 1.54) is 11.1 Å². The Balaban J connectivity index is 1.36. The summed E-state index contributed by atoms with van der Waals surface area (Å²) >= 11 is 0. The number of amides is 1. The van der Waals surface area contributed by atoms with Crippen molar-refractivity contribution in [3.63, 3.8) is 0 Å². The second kappa shape index (κ2) is 6.72. The summed E-state index contributed by atoms with van der Waals surface area (Å²) < 4.78 is 5.55. The van der Waals surface area contributed by atoms with E-state index >= 15 is 0 Å². The molecule has 25 heavy (non-hydrogen) atoms. The summed E-state index contributed by atoms with van der Waals surface area (Å²) in [7, 11) is 0. The van der Waals surface area contributed by atoms with E-state index in [-0.39, 0.29) is 17.0 Å². The fourth-order valence-electron chi connectivity index (χ4n) is 3.47. The smallest absolute Gasteiger partial charge is 0.260 e. The zero-order chi connectivity index (χ0) is 17.2. The Bertz CT molecular complexity index is 838. The van der Waals surface area contributed by atoms with E-state index in [2.05, 4.69) is 28.1 Å². The van der Waals surface area contributed by atoms with Crippen LogP contribution in [0.15, 0.2) is 41.3 Å². The first-order chi connectivity index (χ1) is 12.2. The zero-order valence-corrected chi connectivity index (χ0v) is 14.0. The topological polar surface area (TPSA) is 65.6 Å². The highest BCUT2D eigenvalue weighted by atomic mass is 16.5. The summed E-state index contributed by atoms with van der Waals surface area (Å²) in [5.74, 6) is 0.823. The first-order valence-electron chi connectivity index (χ1n) is 8.64. The lowest BCUT2D eigenvalue weighted by Gasteiger charge is -2.34. The molecule has 4 rings (SSSR count). The molecule has 6 heteroatoms. The number of hydrogen-bond acceptors (Lipinski definition) is 4. The van der Waals surface area contributed by atoms with E-state index in [1.54, 1.807) is 23.2 Å².